The van der Waals surface area contributed by atoms with Crippen LogP contribution >= 0.6 is 0 Å². The predicted molar refractivity (Wildman–Crippen MR) is 46.6 cm³/mol. The lowest BCUT2D eigenvalue weighted by Gasteiger charge is -2.10. The first-order chi connectivity index (χ1) is 6.06. The van der Waals surface area contributed by atoms with Crippen LogP contribution in [0.2, 0.25) is 0 Å². The predicted octanol–water partition coefficient (Wildman–Crippen LogP) is 2.37. The first kappa shape index (κ1) is 10.1. The highest BCUT2D eigenvalue weighted by molar-refractivity contribution is 5.28. The number of halogens is 2. The molecular formula is C10H12F2O. The van der Waals surface area contributed by atoms with Gasteiger partial charge in [0.1, 0.15) is 0 Å². The summed E-state index contributed by atoms with van der Waals surface area (Å²) in [5.74, 6) is -2.07. The summed E-state index contributed by atoms with van der Waals surface area (Å²) < 4.78 is 26.0. The average Bonchev–Trinajstić information content (AvgIpc) is 2.10. The molecule has 0 heterocycles. The number of hydrogen-bond donors (Lipinski definition) is 1. The summed E-state index contributed by atoms with van der Waals surface area (Å²) in [5.41, 5.74) is 0.897. The maximum absolute atomic E-state index is 13.1. The Bertz CT molecular complexity index is 310. The van der Waals surface area contributed by atoms with E-state index in [1.54, 1.807) is 19.9 Å². The lowest BCUT2D eigenvalue weighted by atomic mass is 9.99. The number of aliphatic hydroxyl groups excluding tert-OH is 1. The van der Waals surface area contributed by atoms with Crippen LogP contribution in [0, 0.1) is 18.6 Å². The van der Waals surface area contributed by atoms with Crippen LogP contribution in [-0.2, 0) is 0 Å². The van der Waals surface area contributed by atoms with Crippen molar-refractivity contribution in [1.82, 2.24) is 0 Å². The van der Waals surface area contributed by atoms with Crippen molar-refractivity contribution in [3.8, 4) is 0 Å². The molecule has 1 unspecified atom stereocenters. The fourth-order valence-electron chi connectivity index (χ4n) is 1.21. The summed E-state index contributed by atoms with van der Waals surface area (Å²) in [4.78, 5) is 0. The van der Waals surface area contributed by atoms with E-state index in [9.17, 15) is 8.78 Å². The van der Waals surface area contributed by atoms with Crippen molar-refractivity contribution in [2.24, 2.45) is 0 Å². The smallest absolute Gasteiger partial charge is 0.162 e. The second-order valence-corrected chi connectivity index (χ2v) is 3.23. The number of rotatable bonds is 2. The Labute approximate surface area is 76.0 Å². The van der Waals surface area contributed by atoms with E-state index < -0.39 is 11.6 Å². The minimum atomic E-state index is -0.854. The highest BCUT2D eigenvalue weighted by Crippen LogP contribution is 2.22. The van der Waals surface area contributed by atoms with Crippen molar-refractivity contribution in [3.63, 3.8) is 0 Å². The SMILES string of the molecule is Cc1cc(F)c(F)c(C(C)CO)c1. The summed E-state index contributed by atoms with van der Waals surface area (Å²) in [6, 6.07) is 2.70. The van der Waals surface area contributed by atoms with Crippen molar-refractivity contribution in [2.75, 3.05) is 6.61 Å². The van der Waals surface area contributed by atoms with Gasteiger partial charge < -0.3 is 5.11 Å². The highest BCUT2D eigenvalue weighted by Gasteiger charge is 2.14. The number of benzene rings is 1. The van der Waals surface area contributed by atoms with Crippen molar-refractivity contribution in [1.29, 1.82) is 0 Å². The van der Waals surface area contributed by atoms with Gasteiger partial charge in [-0.2, -0.15) is 0 Å². The Kier molecular flexibility index (Phi) is 2.98. The van der Waals surface area contributed by atoms with E-state index in [4.69, 9.17) is 5.11 Å². The van der Waals surface area contributed by atoms with E-state index in [0.717, 1.165) is 6.07 Å². The Morgan fingerprint density at radius 2 is 2.00 bits per heavy atom. The molecule has 1 aromatic carbocycles. The third-order valence-corrected chi connectivity index (χ3v) is 2.01. The molecular weight excluding hydrogens is 174 g/mol. The molecule has 0 radical (unpaired) electrons. The molecule has 1 atom stereocenters. The van der Waals surface area contributed by atoms with Crippen LogP contribution in [0.25, 0.3) is 0 Å². The molecule has 0 fully saturated rings. The zero-order valence-corrected chi connectivity index (χ0v) is 7.64. The molecule has 72 valence electrons. The van der Waals surface area contributed by atoms with Crippen LogP contribution in [0.4, 0.5) is 8.78 Å². The summed E-state index contributed by atoms with van der Waals surface area (Å²) in [5, 5.41) is 8.81. The van der Waals surface area contributed by atoms with Crippen molar-refractivity contribution < 1.29 is 13.9 Å². The topological polar surface area (TPSA) is 20.2 Å². The standard InChI is InChI=1S/C10H12F2O/c1-6-3-8(7(2)5-13)10(12)9(11)4-6/h3-4,7,13H,5H2,1-2H3. The van der Waals surface area contributed by atoms with Gasteiger partial charge in [0.05, 0.1) is 0 Å². The Balaban J connectivity index is 3.20. The molecule has 3 heteroatoms. The normalized spacial score (nSPS) is 13.0. The summed E-state index contributed by atoms with van der Waals surface area (Å²) >= 11 is 0. The molecule has 13 heavy (non-hydrogen) atoms. The van der Waals surface area contributed by atoms with Gasteiger partial charge in [-0.05, 0) is 24.1 Å². The minimum absolute atomic E-state index is 0.181. The number of aryl methyl sites for hydroxylation is 1. The minimum Gasteiger partial charge on any atom is -0.396 e. The van der Waals surface area contributed by atoms with Gasteiger partial charge in [-0.25, -0.2) is 8.78 Å². The summed E-state index contributed by atoms with van der Waals surface area (Å²) in [6.45, 7) is 3.16. The van der Waals surface area contributed by atoms with E-state index in [2.05, 4.69) is 0 Å². The maximum atomic E-state index is 13.1. The van der Waals surface area contributed by atoms with Crippen LogP contribution in [0.1, 0.15) is 24.0 Å². The van der Waals surface area contributed by atoms with Crippen molar-refractivity contribution in [2.45, 2.75) is 19.8 Å². The Hall–Kier alpha value is -0.960. The molecule has 0 aromatic heterocycles. The van der Waals surface area contributed by atoms with Gasteiger partial charge in [-0.15, -0.1) is 0 Å². The molecule has 0 aliphatic heterocycles. The van der Waals surface area contributed by atoms with Crippen LogP contribution in [0.3, 0.4) is 0 Å². The van der Waals surface area contributed by atoms with Gasteiger partial charge in [-0.1, -0.05) is 13.0 Å². The van der Waals surface area contributed by atoms with Gasteiger partial charge in [0.2, 0.25) is 0 Å². The number of aliphatic hydroxyl groups is 1. The second kappa shape index (κ2) is 3.83. The zero-order valence-electron chi connectivity index (χ0n) is 7.64. The molecule has 1 N–H and O–H groups in total. The van der Waals surface area contributed by atoms with E-state index in [1.807, 2.05) is 0 Å². The van der Waals surface area contributed by atoms with Gasteiger partial charge in [0, 0.05) is 12.5 Å². The quantitative estimate of drug-likeness (QED) is 0.751. The first-order valence-electron chi connectivity index (χ1n) is 4.12. The molecule has 1 aromatic rings. The van der Waals surface area contributed by atoms with Crippen LogP contribution < -0.4 is 0 Å². The molecule has 0 aliphatic carbocycles. The average molecular weight is 186 g/mol. The lowest BCUT2D eigenvalue weighted by molar-refractivity contribution is 0.269. The van der Waals surface area contributed by atoms with Crippen LogP contribution in [0.5, 0.6) is 0 Å². The van der Waals surface area contributed by atoms with Crippen molar-refractivity contribution in [3.05, 3.63) is 34.9 Å². The molecule has 0 aliphatic rings. The fourth-order valence-corrected chi connectivity index (χ4v) is 1.21. The third-order valence-electron chi connectivity index (χ3n) is 2.01. The summed E-state index contributed by atoms with van der Waals surface area (Å²) in [6.07, 6.45) is 0. The van der Waals surface area contributed by atoms with Crippen LogP contribution in [0.15, 0.2) is 12.1 Å². The maximum Gasteiger partial charge on any atom is 0.162 e. The molecule has 1 rings (SSSR count). The van der Waals surface area contributed by atoms with E-state index in [0.29, 0.717) is 5.56 Å². The van der Waals surface area contributed by atoms with Gasteiger partial charge in [0.25, 0.3) is 0 Å². The molecule has 0 bridgehead atoms. The number of hydrogen-bond acceptors (Lipinski definition) is 1. The first-order valence-corrected chi connectivity index (χ1v) is 4.12. The largest absolute Gasteiger partial charge is 0.396 e. The Morgan fingerprint density at radius 3 is 2.54 bits per heavy atom. The van der Waals surface area contributed by atoms with Crippen molar-refractivity contribution >= 4 is 0 Å². The molecule has 0 spiro atoms. The fraction of sp³-hybridized carbons (Fsp3) is 0.400. The molecule has 0 saturated heterocycles. The van der Waals surface area contributed by atoms with E-state index in [1.165, 1.54) is 0 Å². The third kappa shape index (κ3) is 2.04. The van der Waals surface area contributed by atoms with Gasteiger partial charge >= 0.3 is 0 Å². The highest BCUT2D eigenvalue weighted by atomic mass is 19.2. The summed E-state index contributed by atoms with van der Waals surface area (Å²) in [7, 11) is 0. The van der Waals surface area contributed by atoms with E-state index >= 15 is 0 Å². The van der Waals surface area contributed by atoms with Gasteiger partial charge in [-0.3, -0.25) is 0 Å². The van der Waals surface area contributed by atoms with Crippen LogP contribution in [-0.4, -0.2) is 11.7 Å². The van der Waals surface area contributed by atoms with E-state index in [-0.39, 0.29) is 18.1 Å². The molecule has 0 saturated carbocycles. The zero-order chi connectivity index (χ0) is 10.0. The monoisotopic (exact) mass is 186 g/mol. The lowest BCUT2D eigenvalue weighted by Crippen LogP contribution is -2.04. The molecule has 1 nitrogen and oxygen atoms in total. The second-order valence-electron chi connectivity index (χ2n) is 3.23. The Morgan fingerprint density at radius 1 is 1.38 bits per heavy atom. The molecule has 0 amide bonds. The van der Waals surface area contributed by atoms with Gasteiger partial charge in [0.15, 0.2) is 11.6 Å².